The molecule has 25 nitrogen and oxygen atoms in total. The highest BCUT2D eigenvalue weighted by atomic mass is 32.2. The minimum atomic E-state index is -4.21. The van der Waals surface area contributed by atoms with Gasteiger partial charge in [0.15, 0.2) is 0 Å². The normalized spacial score (nSPS) is 18.5. The van der Waals surface area contributed by atoms with Crippen molar-refractivity contribution >= 4 is 78.6 Å². The number of rotatable bonds is 27. The first kappa shape index (κ1) is 102. The minimum Gasteiger partial charge on any atom is -0.394 e. The lowest BCUT2D eigenvalue weighted by Gasteiger charge is -2.22. The van der Waals surface area contributed by atoms with Crippen molar-refractivity contribution in [1.82, 2.24) is 26.6 Å². The van der Waals surface area contributed by atoms with Gasteiger partial charge < -0.3 is 50.6 Å². The van der Waals surface area contributed by atoms with Gasteiger partial charge in [0.05, 0.1) is 109 Å². The number of aliphatic hydroxyl groups excluding tert-OH is 1. The van der Waals surface area contributed by atoms with Gasteiger partial charge >= 0.3 is 6.18 Å². The monoisotopic (exact) mass is 1900 g/mol. The van der Waals surface area contributed by atoms with Crippen LogP contribution in [0.3, 0.4) is 0 Å². The van der Waals surface area contributed by atoms with E-state index < -0.39 is 68.8 Å². The number of benzene rings is 10. The number of sulfonamides is 5. The Labute approximate surface area is 772 Å². The van der Waals surface area contributed by atoms with Crippen molar-refractivity contribution in [2.75, 3.05) is 143 Å². The smallest absolute Gasteiger partial charge is 0.389 e. The molecule has 0 saturated carbocycles. The number of methoxy groups -OCH3 is 2. The van der Waals surface area contributed by atoms with E-state index in [0.29, 0.717) is 74.3 Å². The predicted molar refractivity (Wildman–Crippen MR) is 512 cm³/mol. The second kappa shape index (κ2) is 44.9. The van der Waals surface area contributed by atoms with E-state index in [-0.39, 0.29) is 61.3 Å². The van der Waals surface area contributed by atoms with Gasteiger partial charge in [-0.15, -0.1) is 0 Å². The summed E-state index contributed by atoms with van der Waals surface area (Å²) in [6.07, 6.45) is -1.29. The van der Waals surface area contributed by atoms with E-state index in [2.05, 4.69) is 33.5 Å². The number of aliphatic hydroxyl groups is 1. The number of fused-ring (bicyclic) bond motifs is 10. The van der Waals surface area contributed by atoms with E-state index in [0.717, 1.165) is 136 Å². The molecule has 6 atom stereocenters. The second-order valence-electron chi connectivity index (χ2n) is 33.0. The SMILES string of the molecule is CCOC(C)CCCNC1c2ccccc2N(C)S(=O)(=O)c2cc(C)ccc21.COCCCNC1c2ccccc2N(C)S(=O)(=O)c2cc(C)ccc21.COCCCNC1c2ccccc2N(C)S(=O)(=O)c2cc(C)ccc21.Cc1ccc2c(c1)S(=O)(=O)N(C)c1ccccc1C2NCCCC(F)(F)F.Cc1ccc2c(c1)S(=O)(=O)N(C)c1ccccc1C2NCCOCCO. The van der Waals surface area contributed by atoms with E-state index in [1.807, 2.05) is 186 Å². The number of para-hydroxylation sites is 5. The number of halogens is 3. The van der Waals surface area contributed by atoms with E-state index >= 15 is 0 Å². The molecule has 0 spiro atoms. The molecule has 10 aromatic rings. The lowest BCUT2D eigenvalue weighted by molar-refractivity contribution is -0.135. The average Bonchev–Trinajstić information content (AvgIpc) is 1.63. The quantitative estimate of drug-likeness (QED) is 0.0261. The predicted octanol–water partition coefficient (Wildman–Crippen LogP) is 15.7. The van der Waals surface area contributed by atoms with Crippen molar-refractivity contribution in [3.05, 3.63) is 296 Å². The molecule has 0 fully saturated rings. The molecule has 0 radical (unpaired) electrons. The van der Waals surface area contributed by atoms with Crippen LogP contribution in [0.1, 0.15) is 166 Å². The average molecular weight is 1900 g/mol. The van der Waals surface area contributed by atoms with Crippen LogP contribution in [-0.4, -0.2) is 181 Å². The third-order valence-electron chi connectivity index (χ3n) is 23.7. The van der Waals surface area contributed by atoms with Gasteiger partial charge in [0, 0.05) is 82.2 Å². The topological polar surface area (TPSA) is 304 Å². The van der Waals surface area contributed by atoms with Crippen molar-refractivity contribution in [2.45, 2.75) is 154 Å². The Morgan fingerprint density at radius 3 is 0.832 bits per heavy atom. The summed E-state index contributed by atoms with van der Waals surface area (Å²) in [5.41, 5.74) is 16.0. The Morgan fingerprint density at radius 1 is 0.344 bits per heavy atom. The standard InChI is InChI=1S/C22H30N2O3S.C19H21F3N2O2S.C19H24N2O4S.2C19H24N2O3S/c1-5-27-17(3)9-8-14-23-22-18-10-6-7-11-20(18)24(4)28(25,26)21-15-16(2)12-13-19(21)22;1-13-8-9-15-17(12-13)27(25,26)24(2)16-7-4-3-6-14(16)18(15)23-11-5-10-19(20,21)22;1-14-7-8-16-18(13-14)26(23,24)21(2)17-6-4-3-5-15(17)19(16)20-9-11-25-12-10-22;2*1-14-9-10-16-18(13-14)25(22,23)21(2)17-8-5-4-7-15(17)19(16)20-11-6-12-24-3/h6-7,10-13,15,17,22-23H,5,8-9,14H2,1-4H3;3-4,6-9,12,18,23H,5,10-11H2,1-2H3;3-8,13,19-20,22H,9-12H2,1-2H3;2*4-5,7-10,13,19-20H,6,11-12H2,1-3H3. The first-order chi connectivity index (χ1) is 62.4. The number of hydrogen-bond donors (Lipinski definition) is 6. The molecule has 15 rings (SSSR count). The van der Waals surface area contributed by atoms with Crippen LogP contribution in [0.4, 0.5) is 41.6 Å². The van der Waals surface area contributed by atoms with Crippen LogP contribution in [0.2, 0.25) is 0 Å². The summed E-state index contributed by atoms with van der Waals surface area (Å²) in [6.45, 7) is 19.2. The van der Waals surface area contributed by atoms with Gasteiger partial charge in [-0.05, 0) is 251 Å². The van der Waals surface area contributed by atoms with Crippen LogP contribution in [0.15, 0.2) is 237 Å². The van der Waals surface area contributed by atoms with Crippen molar-refractivity contribution in [2.24, 2.45) is 0 Å². The Balaban J connectivity index is 0.000000158. The molecule has 131 heavy (non-hydrogen) atoms. The summed E-state index contributed by atoms with van der Waals surface area (Å²) in [5, 5.41) is 26.0. The van der Waals surface area contributed by atoms with Gasteiger partial charge in [0.25, 0.3) is 50.1 Å². The van der Waals surface area contributed by atoms with Gasteiger partial charge in [-0.3, -0.25) is 21.5 Å². The fourth-order valence-electron chi connectivity index (χ4n) is 16.8. The molecule has 0 aromatic heterocycles. The van der Waals surface area contributed by atoms with E-state index in [1.54, 1.807) is 110 Å². The number of nitrogens with one attached hydrogen (secondary N) is 5. The first-order valence-electron chi connectivity index (χ1n) is 43.8. The molecule has 0 aliphatic carbocycles. The third-order valence-corrected chi connectivity index (χ3v) is 32.8. The lowest BCUT2D eigenvalue weighted by Crippen LogP contribution is -2.27. The van der Waals surface area contributed by atoms with E-state index in [9.17, 15) is 55.3 Å². The number of ether oxygens (including phenoxy) is 4. The van der Waals surface area contributed by atoms with Crippen molar-refractivity contribution < 1.29 is 79.3 Å². The fourth-order valence-corrected chi connectivity index (χ4v) is 24.5. The number of nitrogens with zero attached hydrogens (tertiary/aromatic N) is 5. The zero-order valence-corrected chi connectivity index (χ0v) is 80.8. The maximum absolute atomic E-state index is 13.3. The summed E-state index contributed by atoms with van der Waals surface area (Å²) in [6, 6.07) is 64.0. The lowest BCUT2D eigenvalue weighted by atomic mass is 9.96. The maximum atomic E-state index is 13.3. The molecule has 33 heteroatoms. The van der Waals surface area contributed by atoms with Crippen molar-refractivity contribution in [1.29, 1.82) is 0 Å². The molecule has 6 N–H and O–H groups in total. The number of alkyl halides is 3. The third kappa shape index (κ3) is 23.6. The summed E-state index contributed by atoms with van der Waals surface area (Å²) >= 11 is 0. The first-order valence-corrected chi connectivity index (χ1v) is 51.0. The summed E-state index contributed by atoms with van der Waals surface area (Å²) < 4.78 is 197. The van der Waals surface area contributed by atoms with Gasteiger partial charge in [0.1, 0.15) is 0 Å². The largest absolute Gasteiger partial charge is 0.394 e. The molecule has 5 aliphatic rings. The van der Waals surface area contributed by atoms with Gasteiger partial charge in [-0.2, -0.15) is 13.2 Å². The molecule has 0 saturated heterocycles. The van der Waals surface area contributed by atoms with Crippen LogP contribution in [0.25, 0.3) is 0 Å². The highest BCUT2D eigenvalue weighted by Gasteiger charge is 2.41. The zero-order chi connectivity index (χ0) is 94.9. The zero-order valence-electron chi connectivity index (χ0n) is 76.8. The molecule has 0 amide bonds. The molecule has 5 heterocycles. The summed E-state index contributed by atoms with van der Waals surface area (Å²) in [5.74, 6) is 0. The van der Waals surface area contributed by atoms with Crippen LogP contribution in [0.5, 0.6) is 0 Å². The molecular formula is C98H123F3N10O15S5. The Bertz CT molecular complexity index is 6070. The van der Waals surface area contributed by atoms with Crippen LogP contribution >= 0.6 is 0 Å². The summed E-state index contributed by atoms with van der Waals surface area (Å²) in [7, 11) is -6.88. The molecule has 6 unspecified atom stereocenters. The highest BCUT2D eigenvalue weighted by molar-refractivity contribution is 7.94. The van der Waals surface area contributed by atoms with Crippen LogP contribution < -0.4 is 48.1 Å². The van der Waals surface area contributed by atoms with E-state index in [4.69, 9.17) is 24.1 Å². The molecule has 10 aromatic carbocycles. The van der Waals surface area contributed by atoms with Crippen LogP contribution in [-0.2, 0) is 69.1 Å². The highest BCUT2D eigenvalue weighted by Crippen LogP contribution is 2.47. The maximum Gasteiger partial charge on any atom is 0.389 e. The van der Waals surface area contributed by atoms with Gasteiger partial charge in [-0.25, -0.2) is 42.1 Å². The molecular weight excluding hydrogens is 1770 g/mol. The Morgan fingerprint density at radius 2 is 0.588 bits per heavy atom. The number of aryl methyl sites for hydroxylation is 5. The Kier molecular flexibility index (Phi) is 34.9. The number of hydrogen-bond acceptors (Lipinski definition) is 20. The Hall–Kier alpha value is -9.66. The van der Waals surface area contributed by atoms with Crippen molar-refractivity contribution in [3.63, 3.8) is 0 Å². The van der Waals surface area contributed by atoms with E-state index in [1.165, 1.54) is 28.6 Å². The molecule has 0 bridgehead atoms. The van der Waals surface area contributed by atoms with Crippen LogP contribution in [0, 0.1) is 34.6 Å². The summed E-state index contributed by atoms with van der Waals surface area (Å²) in [4.78, 5) is 1.62. The minimum absolute atomic E-state index is 0.0165. The number of anilines is 5. The van der Waals surface area contributed by atoms with Gasteiger partial charge in [-0.1, -0.05) is 152 Å². The molecule has 5 aliphatic heterocycles. The van der Waals surface area contributed by atoms with Crippen molar-refractivity contribution in [3.8, 4) is 0 Å². The van der Waals surface area contributed by atoms with Gasteiger partial charge in [0.2, 0.25) is 0 Å². The fraction of sp³-hybridized carbons (Fsp3) is 0.388. The second-order valence-corrected chi connectivity index (χ2v) is 42.6. The molecule has 706 valence electrons.